The third-order valence-electron chi connectivity index (χ3n) is 5.00. The van der Waals surface area contributed by atoms with Gasteiger partial charge in [-0.25, -0.2) is 9.38 Å². The zero-order chi connectivity index (χ0) is 20.1. The third kappa shape index (κ3) is 6.02. The highest BCUT2D eigenvalue weighted by Gasteiger charge is 2.21. The summed E-state index contributed by atoms with van der Waals surface area (Å²) >= 11 is 6.16. The molecule has 0 radical (unpaired) electrons. The molecule has 2 aromatic rings. The maximum absolute atomic E-state index is 14.0. The maximum Gasteiger partial charge on any atom is 0.194 e. The van der Waals surface area contributed by atoms with Crippen molar-refractivity contribution < 1.29 is 4.39 Å². The van der Waals surface area contributed by atoms with Gasteiger partial charge in [0, 0.05) is 56.9 Å². The highest BCUT2D eigenvalue weighted by molar-refractivity contribution is 14.0. The van der Waals surface area contributed by atoms with Crippen molar-refractivity contribution in [1.29, 1.82) is 0 Å². The summed E-state index contributed by atoms with van der Waals surface area (Å²) in [5, 5.41) is 12.1. The number of benzene rings is 1. The van der Waals surface area contributed by atoms with E-state index in [1.165, 1.54) is 6.07 Å². The number of piperazine rings is 1. The van der Waals surface area contributed by atoms with Gasteiger partial charge in [0.05, 0.1) is 0 Å². The van der Waals surface area contributed by atoms with Crippen LogP contribution in [0.25, 0.3) is 0 Å². The molecule has 1 N–H and O–H groups in total. The summed E-state index contributed by atoms with van der Waals surface area (Å²) in [6, 6.07) is 4.83. The van der Waals surface area contributed by atoms with Crippen LogP contribution < -0.4 is 5.32 Å². The van der Waals surface area contributed by atoms with Crippen LogP contribution in [0, 0.1) is 12.7 Å². The highest BCUT2D eigenvalue weighted by atomic mass is 127. The van der Waals surface area contributed by atoms with E-state index in [2.05, 4.69) is 32.2 Å². The minimum Gasteiger partial charge on any atom is -0.357 e. The first-order valence-electron chi connectivity index (χ1n) is 9.53. The molecule has 0 bridgehead atoms. The van der Waals surface area contributed by atoms with Gasteiger partial charge < -0.3 is 14.8 Å². The molecule has 0 aliphatic carbocycles. The zero-order valence-electron chi connectivity index (χ0n) is 17.0. The summed E-state index contributed by atoms with van der Waals surface area (Å²) in [5.41, 5.74) is 0.566. The molecule has 1 fully saturated rings. The summed E-state index contributed by atoms with van der Waals surface area (Å²) in [7, 11) is 1.94. The molecule has 160 valence electrons. The molecule has 0 spiro atoms. The molecule has 29 heavy (non-hydrogen) atoms. The monoisotopic (exact) mass is 535 g/mol. The SMILES string of the molecule is CCNC(=NCc1nnc(C)n1C)N1CCN(Cc2c(F)cccc2Cl)CC1.I. The predicted octanol–water partition coefficient (Wildman–Crippen LogP) is 2.82. The van der Waals surface area contributed by atoms with Gasteiger partial charge in [-0.15, -0.1) is 34.2 Å². The topological polar surface area (TPSA) is 61.6 Å². The van der Waals surface area contributed by atoms with Gasteiger partial charge in [0.2, 0.25) is 0 Å². The Bertz CT molecular complexity index is 814. The fourth-order valence-corrected chi connectivity index (χ4v) is 3.41. The number of aliphatic imine (C=N–C) groups is 1. The van der Waals surface area contributed by atoms with Gasteiger partial charge >= 0.3 is 0 Å². The second-order valence-electron chi connectivity index (χ2n) is 6.86. The minimum atomic E-state index is -0.246. The van der Waals surface area contributed by atoms with Crippen LogP contribution in [0.5, 0.6) is 0 Å². The Kier molecular flexibility index (Phi) is 9.09. The molecule has 0 unspecified atom stereocenters. The number of halogens is 3. The van der Waals surface area contributed by atoms with Crippen molar-refractivity contribution in [2.45, 2.75) is 26.9 Å². The summed E-state index contributed by atoms with van der Waals surface area (Å²) in [6.07, 6.45) is 0. The standard InChI is InChI=1S/C19H27ClFN7.HI/c1-4-22-19(23-12-18-25-24-14(2)26(18)3)28-10-8-27(9-11-28)13-15-16(20)6-5-7-17(15)21;/h5-7H,4,8-13H2,1-3H3,(H,22,23);1H. The van der Waals surface area contributed by atoms with E-state index in [1.807, 2.05) is 18.5 Å². The van der Waals surface area contributed by atoms with E-state index in [-0.39, 0.29) is 29.8 Å². The summed E-state index contributed by atoms with van der Waals surface area (Å²) < 4.78 is 16.0. The molecule has 1 aliphatic rings. The fourth-order valence-electron chi connectivity index (χ4n) is 3.18. The molecule has 3 rings (SSSR count). The van der Waals surface area contributed by atoms with Crippen LogP contribution in [-0.4, -0.2) is 63.2 Å². The molecular formula is C19H28ClFIN7. The van der Waals surface area contributed by atoms with Crippen LogP contribution in [-0.2, 0) is 20.1 Å². The summed E-state index contributed by atoms with van der Waals surface area (Å²) in [6.45, 7) is 9.03. The van der Waals surface area contributed by atoms with E-state index in [0.29, 0.717) is 23.7 Å². The van der Waals surface area contributed by atoms with Crippen molar-refractivity contribution in [3.05, 3.63) is 46.3 Å². The van der Waals surface area contributed by atoms with Crippen molar-refractivity contribution in [3.63, 3.8) is 0 Å². The molecule has 0 saturated carbocycles. The van der Waals surface area contributed by atoms with Crippen LogP contribution in [0.1, 0.15) is 24.1 Å². The third-order valence-corrected chi connectivity index (χ3v) is 5.36. The smallest absolute Gasteiger partial charge is 0.194 e. The van der Waals surface area contributed by atoms with Gasteiger partial charge in [-0.3, -0.25) is 4.90 Å². The number of hydrogen-bond acceptors (Lipinski definition) is 4. The van der Waals surface area contributed by atoms with Crippen molar-refractivity contribution in [1.82, 2.24) is 29.9 Å². The van der Waals surface area contributed by atoms with Crippen molar-refractivity contribution in [3.8, 4) is 0 Å². The van der Waals surface area contributed by atoms with Gasteiger partial charge in [0.15, 0.2) is 11.8 Å². The number of nitrogens with one attached hydrogen (secondary N) is 1. The highest BCUT2D eigenvalue weighted by Crippen LogP contribution is 2.21. The first-order chi connectivity index (χ1) is 13.5. The first kappa shape index (κ1) is 23.8. The molecular weight excluding hydrogens is 508 g/mol. The van der Waals surface area contributed by atoms with Gasteiger partial charge in [-0.05, 0) is 26.0 Å². The van der Waals surface area contributed by atoms with Crippen molar-refractivity contribution in [2.75, 3.05) is 32.7 Å². The number of nitrogens with zero attached hydrogens (tertiary/aromatic N) is 6. The number of aromatic nitrogens is 3. The van der Waals surface area contributed by atoms with Crippen LogP contribution in [0.3, 0.4) is 0 Å². The lowest BCUT2D eigenvalue weighted by atomic mass is 10.2. The second-order valence-corrected chi connectivity index (χ2v) is 7.26. The van der Waals surface area contributed by atoms with Gasteiger partial charge in [-0.1, -0.05) is 17.7 Å². The number of rotatable bonds is 5. The molecule has 1 aromatic carbocycles. The Morgan fingerprint density at radius 3 is 2.55 bits per heavy atom. The Morgan fingerprint density at radius 1 is 1.24 bits per heavy atom. The van der Waals surface area contributed by atoms with Crippen molar-refractivity contribution >= 4 is 41.5 Å². The number of guanidine groups is 1. The number of hydrogen-bond donors (Lipinski definition) is 1. The van der Waals surface area contributed by atoms with E-state index < -0.39 is 0 Å². The van der Waals surface area contributed by atoms with Crippen LogP contribution in [0.4, 0.5) is 4.39 Å². The molecule has 0 atom stereocenters. The molecule has 2 heterocycles. The Morgan fingerprint density at radius 2 is 1.97 bits per heavy atom. The molecule has 1 saturated heterocycles. The largest absolute Gasteiger partial charge is 0.357 e. The van der Waals surface area contributed by atoms with Gasteiger partial charge in [0.1, 0.15) is 18.2 Å². The Labute approximate surface area is 193 Å². The normalized spacial score (nSPS) is 15.3. The molecule has 7 nitrogen and oxygen atoms in total. The average molecular weight is 536 g/mol. The van der Waals surface area contributed by atoms with E-state index in [1.54, 1.807) is 12.1 Å². The second kappa shape index (κ2) is 11.1. The van der Waals surface area contributed by atoms with E-state index in [0.717, 1.165) is 50.3 Å². The van der Waals surface area contributed by atoms with Crippen LogP contribution >= 0.6 is 35.6 Å². The van der Waals surface area contributed by atoms with E-state index >= 15 is 0 Å². The summed E-state index contributed by atoms with van der Waals surface area (Å²) in [5.74, 6) is 2.33. The van der Waals surface area contributed by atoms with E-state index in [9.17, 15) is 4.39 Å². The first-order valence-corrected chi connectivity index (χ1v) is 9.90. The van der Waals surface area contributed by atoms with Gasteiger partial charge in [0.25, 0.3) is 0 Å². The molecule has 0 amide bonds. The fraction of sp³-hybridized carbons (Fsp3) is 0.526. The van der Waals surface area contributed by atoms with Crippen LogP contribution in [0.2, 0.25) is 5.02 Å². The molecule has 1 aliphatic heterocycles. The lowest BCUT2D eigenvalue weighted by Crippen LogP contribution is -2.52. The zero-order valence-corrected chi connectivity index (χ0v) is 20.1. The number of aryl methyl sites for hydroxylation is 1. The lowest BCUT2D eigenvalue weighted by Gasteiger charge is -2.36. The maximum atomic E-state index is 14.0. The Hall–Kier alpha value is -1.46. The van der Waals surface area contributed by atoms with E-state index in [4.69, 9.17) is 16.6 Å². The molecule has 1 aromatic heterocycles. The van der Waals surface area contributed by atoms with Gasteiger partial charge in [-0.2, -0.15) is 0 Å². The minimum absolute atomic E-state index is 0. The molecule has 10 heteroatoms. The predicted molar refractivity (Wildman–Crippen MR) is 124 cm³/mol. The quantitative estimate of drug-likeness (QED) is 0.363. The average Bonchev–Trinajstić information content (AvgIpc) is 3.01. The van der Waals surface area contributed by atoms with Crippen LogP contribution in [0.15, 0.2) is 23.2 Å². The lowest BCUT2D eigenvalue weighted by molar-refractivity contribution is 0.171. The van der Waals surface area contributed by atoms with Crippen molar-refractivity contribution in [2.24, 2.45) is 12.0 Å². The Balaban J connectivity index is 0.00000300. The summed E-state index contributed by atoms with van der Waals surface area (Å²) in [4.78, 5) is 9.17.